The van der Waals surface area contributed by atoms with Crippen LogP contribution in [0.3, 0.4) is 0 Å². The van der Waals surface area contributed by atoms with Crippen LogP contribution in [0, 0.1) is 6.92 Å². The third-order valence-electron chi connectivity index (χ3n) is 3.03. The van der Waals surface area contributed by atoms with Crippen molar-refractivity contribution < 1.29 is 9.53 Å². The third-order valence-corrected chi connectivity index (χ3v) is 3.03. The third kappa shape index (κ3) is 2.47. The minimum Gasteiger partial charge on any atom is -0.460 e. The number of carbonyl (C=O) groups is 1. The van der Waals surface area contributed by atoms with Crippen LogP contribution < -0.4 is 0 Å². The monoisotopic (exact) mass is 286 g/mol. The van der Waals surface area contributed by atoms with Crippen molar-refractivity contribution in [1.29, 1.82) is 0 Å². The summed E-state index contributed by atoms with van der Waals surface area (Å²) in [6.45, 7) is 4.31. The van der Waals surface area contributed by atoms with Gasteiger partial charge in [-0.25, -0.2) is 14.5 Å². The van der Waals surface area contributed by atoms with Gasteiger partial charge in [0.2, 0.25) is 0 Å². The molecule has 0 aliphatic rings. The number of ether oxygens (including phenoxy) is 1. The Morgan fingerprint density at radius 1 is 1.43 bits per heavy atom. The number of rotatable bonds is 4. The fourth-order valence-corrected chi connectivity index (χ4v) is 2.09. The molecule has 0 aliphatic carbocycles. The van der Waals surface area contributed by atoms with E-state index in [0.717, 1.165) is 16.9 Å². The van der Waals surface area contributed by atoms with Gasteiger partial charge in [0.15, 0.2) is 0 Å². The zero-order valence-corrected chi connectivity index (χ0v) is 11.7. The summed E-state index contributed by atoms with van der Waals surface area (Å²) in [5.41, 5.74) is 2.71. The van der Waals surface area contributed by atoms with Gasteiger partial charge in [-0.05, 0) is 35.9 Å². The quantitative estimate of drug-likeness (QED) is 0.661. The van der Waals surface area contributed by atoms with E-state index in [1.807, 2.05) is 35.9 Å². The number of esters is 1. The molecule has 0 aromatic carbocycles. The molecule has 3 aromatic rings. The highest BCUT2D eigenvalue weighted by Gasteiger charge is 2.17. The van der Waals surface area contributed by atoms with Crippen LogP contribution in [0.25, 0.3) is 5.65 Å². The molecule has 0 radical (unpaired) electrons. The van der Waals surface area contributed by atoms with Crippen LogP contribution in [0.4, 0.5) is 0 Å². The molecule has 0 N–H and O–H groups in total. The van der Waals surface area contributed by atoms with Crippen molar-refractivity contribution in [3.63, 3.8) is 0 Å². The van der Waals surface area contributed by atoms with Gasteiger partial charge >= 0.3 is 5.97 Å². The summed E-state index contributed by atoms with van der Waals surface area (Å²) >= 11 is 0. The standard InChI is InChI=1S/C13H14N6O2/c1-3-21-13(20)12-15-16-17-19(12)8-10-7-18-6-4-5-9(2)11(18)14-10/h4-7H,3,8H2,1-2H3. The summed E-state index contributed by atoms with van der Waals surface area (Å²) in [6, 6.07) is 3.95. The molecule has 0 fully saturated rings. The molecule has 8 nitrogen and oxygen atoms in total. The molecule has 3 heterocycles. The Labute approximate surface area is 120 Å². The highest BCUT2D eigenvalue weighted by molar-refractivity contribution is 5.85. The van der Waals surface area contributed by atoms with Crippen LogP contribution in [0.15, 0.2) is 24.5 Å². The van der Waals surface area contributed by atoms with Gasteiger partial charge in [0, 0.05) is 12.4 Å². The molecule has 3 aromatic heterocycles. The maximum atomic E-state index is 11.7. The molecule has 0 saturated heterocycles. The van der Waals surface area contributed by atoms with E-state index in [-0.39, 0.29) is 12.4 Å². The van der Waals surface area contributed by atoms with Crippen molar-refractivity contribution in [2.75, 3.05) is 6.61 Å². The van der Waals surface area contributed by atoms with E-state index in [1.165, 1.54) is 4.68 Å². The molecule has 0 spiro atoms. The Morgan fingerprint density at radius 2 is 2.29 bits per heavy atom. The second-order valence-electron chi connectivity index (χ2n) is 4.53. The summed E-state index contributed by atoms with van der Waals surface area (Å²) in [4.78, 5) is 16.3. The summed E-state index contributed by atoms with van der Waals surface area (Å²) < 4.78 is 8.23. The number of hydrogen-bond acceptors (Lipinski definition) is 6. The van der Waals surface area contributed by atoms with Crippen molar-refractivity contribution in [3.05, 3.63) is 41.6 Å². The number of tetrazole rings is 1. The van der Waals surface area contributed by atoms with Gasteiger partial charge in [-0.15, -0.1) is 5.10 Å². The van der Waals surface area contributed by atoms with Crippen molar-refractivity contribution in [2.45, 2.75) is 20.4 Å². The van der Waals surface area contributed by atoms with Gasteiger partial charge in [-0.1, -0.05) is 6.07 Å². The largest absolute Gasteiger partial charge is 0.460 e. The van der Waals surface area contributed by atoms with Gasteiger partial charge in [-0.3, -0.25) is 0 Å². The van der Waals surface area contributed by atoms with E-state index >= 15 is 0 Å². The normalized spacial score (nSPS) is 11.0. The summed E-state index contributed by atoms with van der Waals surface area (Å²) in [5.74, 6) is -0.465. The van der Waals surface area contributed by atoms with E-state index in [4.69, 9.17) is 4.74 Å². The predicted octanol–water partition coefficient (Wildman–Crippen LogP) is 0.854. The molecule has 8 heteroatoms. The minimum absolute atomic E-state index is 0.0747. The van der Waals surface area contributed by atoms with Crippen LogP contribution in [0.2, 0.25) is 0 Å². The van der Waals surface area contributed by atoms with Gasteiger partial charge in [0.05, 0.1) is 18.8 Å². The average molecular weight is 286 g/mol. The number of pyridine rings is 1. The molecule has 108 valence electrons. The first-order valence-corrected chi connectivity index (χ1v) is 6.55. The molecule has 0 bridgehead atoms. The Bertz CT molecular complexity index is 791. The SMILES string of the molecule is CCOC(=O)c1nnnn1Cc1cn2cccc(C)c2n1. The second-order valence-corrected chi connectivity index (χ2v) is 4.53. The molecule has 21 heavy (non-hydrogen) atoms. The van der Waals surface area contributed by atoms with Crippen LogP contribution in [0.5, 0.6) is 0 Å². The molecule has 0 aliphatic heterocycles. The van der Waals surface area contributed by atoms with Crippen molar-refractivity contribution >= 4 is 11.6 Å². The van der Waals surface area contributed by atoms with Crippen molar-refractivity contribution in [1.82, 2.24) is 29.6 Å². The Morgan fingerprint density at radius 3 is 3.05 bits per heavy atom. The fraction of sp³-hybridized carbons (Fsp3) is 0.308. The number of nitrogens with zero attached hydrogens (tertiary/aromatic N) is 6. The van der Waals surface area contributed by atoms with Gasteiger partial charge in [0.25, 0.3) is 5.82 Å². The van der Waals surface area contributed by atoms with Gasteiger partial charge < -0.3 is 9.14 Å². The Hall–Kier alpha value is -2.77. The number of aryl methyl sites for hydroxylation is 1. The highest BCUT2D eigenvalue weighted by atomic mass is 16.5. The maximum absolute atomic E-state index is 11.7. The van der Waals surface area contributed by atoms with Crippen LogP contribution in [-0.4, -0.2) is 42.2 Å². The first-order valence-electron chi connectivity index (χ1n) is 6.55. The fourth-order valence-electron chi connectivity index (χ4n) is 2.09. The second kappa shape index (κ2) is 5.31. The number of aromatic nitrogens is 6. The highest BCUT2D eigenvalue weighted by Crippen LogP contribution is 2.11. The minimum atomic E-state index is -0.539. The van der Waals surface area contributed by atoms with Gasteiger partial charge in [-0.2, -0.15) is 0 Å². The lowest BCUT2D eigenvalue weighted by Crippen LogP contribution is -2.15. The molecular weight excluding hydrogens is 272 g/mol. The average Bonchev–Trinajstić information content (AvgIpc) is 3.06. The number of fused-ring (bicyclic) bond motifs is 1. The summed E-state index contributed by atoms with van der Waals surface area (Å²) in [5, 5.41) is 11.0. The topological polar surface area (TPSA) is 87.2 Å². The van der Waals surface area contributed by atoms with Crippen LogP contribution in [-0.2, 0) is 11.3 Å². The smallest absolute Gasteiger partial charge is 0.378 e. The zero-order valence-electron chi connectivity index (χ0n) is 11.7. The van der Waals surface area contributed by atoms with E-state index in [0.29, 0.717) is 6.54 Å². The Balaban J connectivity index is 1.91. The molecular formula is C13H14N6O2. The zero-order chi connectivity index (χ0) is 14.8. The Kier molecular flexibility index (Phi) is 3.35. The number of hydrogen-bond donors (Lipinski definition) is 0. The summed E-state index contributed by atoms with van der Waals surface area (Å²) in [6.07, 6.45) is 3.81. The lowest BCUT2D eigenvalue weighted by molar-refractivity contribution is 0.0505. The van der Waals surface area contributed by atoms with Gasteiger partial charge in [0.1, 0.15) is 5.65 Å². The predicted molar refractivity (Wildman–Crippen MR) is 72.8 cm³/mol. The van der Waals surface area contributed by atoms with Crippen LogP contribution >= 0.6 is 0 Å². The van der Waals surface area contributed by atoms with Crippen molar-refractivity contribution in [2.24, 2.45) is 0 Å². The lowest BCUT2D eigenvalue weighted by Gasteiger charge is -2.01. The van der Waals surface area contributed by atoms with Crippen LogP contribution in [0.1, 0.15) is 28.8 Å². The van der Waals surface area contributed by atoms with E-state index in [2.05, 4.69) is 20.5 Å². The number of carbonyl (C=O) groups excluding carboxylic acids is 1. The molecule has 3 rings (SSSR count). The van der Waals surface area contributed by atoms with E-state index in [1.54, 1.807) is 6.92 Å². The molecule has 0 unspecified atom stereocenters. The first kappa shape index (κ1) is 13.2. The lowest BCUT2D eigenvalue weighted by atomic mass is 10.3. The van der Waals surface area contributed by atoms with Crippen molar-refractivity contribution in [3.8, 4) is 0 Å². The molecule has 0 atom stereocenters. The summed E-state index contributed by atoms with van der Waals surface area (Å²) in [7, 11) is 0. The van der Waals surface area contributed by atoms with E-state index < -0.39 is 5.97 Å². The number of imidazole rings is 1. The maximum Gasteiger partial charge on any atom is 0.378 e. The first-order chi connectivity index (χ1) is 10.2. The van der Waals surface area contributed by atoms with E-state index in [9.17, 15) is 4.79 Å². The molecule has 0 saturated carbocycles. The molecule has 0 amide bonds.